The van der Waals surface area contributed by atoms with Gasteiger partial charge in [0.1, 0.15) is 5.75 Å². The van der Waals surface area contributed by atoms with Crippen LogP contribution in [0.3, 0.4) is 0 Å². The number of amides is 1. The number of thiocarbonyl (C=S) groups is 1. The number of para-hydroxylation sites is 1. The van der Waals surface area contributed by atoms with E-state index in [1.54, 1.807) is 24.3 Å². The fourth-order valence-corrected chi connectivity index (χ4v) is 2.14. The molecule has 0 aromatic heterocycles. The molecule has 0 saturated carbocycles. The number of rotatable bonds is 2. The molecule has 16 heavy (non-hydrogen) atoms. The number of hydrogen-bond acceptors (Lipinski definition) is 5. The molecule has 1 aromatic carbocycles. The molecule has 1 amide bonds. The van der Waals surface area contributed by atoms with Crippen LogP contribution >= 0.6 is 24.0 Å². The number of nitrogens with zero attached hydrogens (tertiary/aromatic N) is 2. The van der Waals surface area contributed by atoms with Gasteiger partial charge in [-0.15, -0.1) is 0 Å². The monoisotopic (exact) mass is 252 g/mol. The van der Waals surface area contributed by atoms with Gasteiger partial charge in [-0.25, -0.2) is 0 Å². The Kier molecular flexibility index (Phi) is 3.21. The average molecular weight is 252 g/mol. The topological polar surface area (TPSA) is 52.9 Å². The van der Waals surface area contributed by atoms with Gasteiger partial charge in [-0.3, -0.25) is 4.79 Å². The number of phenolic OH excluding ortho intramolecular Hbond substituents is 1. The van der Waals surface area contributed by atoms with E-state index in [4.69, 9.17) is 12.2 Å². The third-order valence-corrected chi connectivity index (χ3v) is 3.32. The van der Waals surface area contributed by atoms with Crippen molar-refractivity contribution in [3.8, 4) is 5.75 Å². The second-order valence-electron chi connectivity index (χ2n) is 3.06. The first-order valence-corrected chi connectivity index (χ1v) is 5.89. The summed E-state index contributed by atoms with van der Waals surface area (Å²) in [6.45, 7) is 0. The van der Waals surface area contributed by atoms with Crippen molar-refractivity contribution in [1.29, 1.82) is 0 Å². The van der Waals surface area contributed by atoms with Crippen LogP contribution in [0.15, 0.2) is 29.4 Å². The molecular formula is C10H8N2O2S2. The Bertz CT molecular complexity index is 458. The van der Waals surface area contributed by atoms with E-state index >= 15 is 0 Å². The standard InChI is InChI=1S/C10H8N2O2S2/c13-8-4-2-1-3-7(8)5-11-12-9(14)6-16-10(12)15/h1-5,13H,6H2/b11-5-. The molecule has 1 aliphatic rings. The number of hydrogen-bond donors (Lipinski definition) is 1. The van der Waals surface area contributed by atoms with Crippen LogP contribution in [0.4, 0.5) is 0 Å². The smallest absolute Gasteiger partial charge is 0.259 e. The van der Waals surface area contributed by atoms with Gasteiger partial charge >= 0.3 is 0 Å². The minimum atomic E-state index is -0.137. The van der Waals surface area contributed by atoms with Gasteiger partial charge in [-0.1, -0.05) is 36.1 Å². The molecule has 1 fully saturated rings. The largest absolute Gasteiger partial charge is 0.507 e. The van der Waals surface area contributed by atoms with Gasteiger partial charge < -0.3 is 5.11 Å². The molecular weight excluding hydrogens is 244 g/mol. The lowest BCUT2D eigenvalue weighted by atomic mass is 10.2. The number of phenols is 1. The Hall–Kier alpha value is -1.40. The van der Waals surface area contributed by atoms with E-state index in [2.05, 4.69) is 5.10 Å². The number of carbonyl (C=O) groups is 1. The van der Waals surface area contributed by atoms with Crippen LogP contribution in [0.1, 0.15) is 5.56 Å². The minimum absolute atomic E-state index is 0.122. The van der Waals surface area contributed by atoms with E-state index in [0.29, 0.717) is 15.6 Å². The number of thioether (sulfide) groups is 1. The van der Waals surface area contributed by atoms with E-state index in [9.17, 15) is 9.90 Å². The Labute approximate surface area is 102 Å². The Morgan fingerprint density at radius 3 is 2.88 bits per heavy atom. The summed E-state index contributed by atoms with van der Waals surface area (Å²) in [4.78, 5) is 11.3. The summed E-state index contributed by atoms with van der Waals surface area (Å²) in [5, 5.41) is 14.6. The molecule has 0 bridgehead atoms. The summed E-state index contributed by atoms with van der Waals surface area (Å²) in [7, 11) is 0. The average Bonchev–Trinajstić information content (AvgIpc) is 2.58. The number of aromatic hydroxyl groups is 1. The summed E-state index contributed by atoms with van der Waals surface area (Å²) >= 11 is 6.24. The van der Waals surface area contributed by atoms with Crippen molar-refractivity contribution >= 4 is 40.4 Å². The molecule has 0 atom stereocenters. The lowest BCUT2D eigenvalue weighted by molar-refractivity contribution is -0.123. The summed E-state index contributed by atoms with van der Waals surface area (Å²) in [6, 6.07) is 6.75. The molecule has 1 N–H and O–H groups in total. The van der Waals surface area contributed by atoms with Gasteiger partial charge in [0, 0.05) is 5.56 Å². The van der Waals surface area contributed by atoms with Crippen molar-refractivity contribution in [2.45, 2.75) is 0 Å². The SMILES string of the molecule is O=C1CSC(=S)N1/N=C\c1ccccc1O. The van der Waals surface area contributed by atoms with Crippen molar-refractivity contribution in [3.05, 3.63) is 29.8 Å². The first-order valence-electron chi connectivity index (χ1n) is 4.50. The Morgan fingerprint density at radius 1 is 1.50 bits per heavy atom. The summed E-state index contributed by atoms with van der Waals surface area (Å²) in [5.41, 5.74) is 0.551. The first kappa shape index (κ1) is 11.1. The summed E-state index contributed by atoms with van der Waals surface area (Å²) in [5.74, 6) is 0.315. The molecule has 1 saturated heterocycles. The number of carbonyl (C=O) groups excluding carboxylic acids is 1. The molecule has 1 aliphatic heterocycles. The van der Waals surface area contributed by atoms with Crippen LogP contribution in [0, 0.1) is 0 Å². The van der Waals surface area contributed by atoms with Gasteiger partial charge in [0.05, 0.1) is 12.0 Å². The van der Waals surface area contributed by atoms with Gasteiger partial charge in [-0.05, 0) is 12.1 Å². The fraction of sp³-hybridized carbons (Fsp3) is 0.100. The van der Waals surface area contributed by atoms with Crippen molar-refractivity contribution in [2.75, 3.05) is 5.75 Å². The maximum atomic E-state index is 11.3. The maximum Gasteiger partial charge on any atom is 0.259 e. The second kappa shape index (κ2) is 4.63. The highest BCUT2D eigenvalue weighted by Crippen LogP contribution is 2.20. The van der Waals surface area contributed by atoms with Crippen LogP contribution in [-0.2, 0) is 4.79 Å². The molecule has 82 valence electrons. The van der Waals surface area contributed by atoms with Gasteiger partial charge in [0.25, 0.3) is 5.91 Å². The highest BCUT2D eigenvalue weighted by Gasteiger charge is 2.25. The molecule has 1 aromatic rings. The first-order chi connectivity index (χ1) is 7.68. The third kappa shape index (κ3) is 2.23. The minimum Gasteiger partial charge on any atom is -0.507 e. The van der Waals surface area contributed by atoms with E-state index in [0.717, 1.165) is 0 Å². The molecule has 0 aliphatic carbocycles. The molecule has 0 unspecified atom stereocenters. The quantitative estimate of drug-likeness (QED) is 0.641. The molecule has 0 spiro atoms. The summed E-state index contributed by atoms with van der Waals surface area (Å²) in [6.07, 6.45) is 1.42. The molecule has 1 heterocycles. The highest BCUT2D eigenvalue weighted by molar-refractivity contribution is 8.23. The molecule has 0 radical (unpaired) electrons. The van der Waals surface area contributed by atoms with Crippen molar-refractivity contribution in [2.24, 2.45) is 5.10 Å². The van der Waals surface area contributed by atoms with Gasteiger partial charge in [0.2, 0.25) is 0 Å². The zero-order valence-corrected chi connectivity index (χ0v) is 9.79. The highest BCUT2D eigenvalue weighted by atomic mass is 32.2. The van der Waals surface area contributed by atoms with Gasteiger partial charge in [-0.2, -0.15) is 10.1 Å². The number of benzene rings is 1. The Morgan fingerprint density at radius 2 is 2.25 bits per heavy atom. The number of hydrazone groups is 1. The lowest BCUT2D eigenvalue weighted by Gasteiger charge is -2.06. The molecule has 6 heteroatoms. The maximum absolute atomic E-state index is 11.3. The molecule has 4 nitrogen and oxygen atoms in total. The third-order valence-electron chi connectivity index (χ3n) is 1.98. The van der Waals surface area contributed by atoms with Crippen LogP contribution in [0.5, 0.6) is 5.75 Å². The van der Waals surface area contributed by atoms with Crippen molar-refractivity contribution in [3.63, 3.8) is 0 Å². The van der Waals surface area contributed by atoms with E-state index in [1.807, 2.05) is 0 Å². The van der Waals surface area contributed by atoms with Crippen LogP contribution in [0.2, 0.25) is 0 Å². The van der Waals surface area contributed by atoms with E-state index < -0.39 is 0 Å². The van der Waals surface area contributed by atoms with Crippen molar-refractivity contribution in [1.82, 2.24) is 5.01 Å². The predicted octanol–water partition coefficient (Wildman–Crippen LogP) is 1.59. The van der Waals surface area contributed by atoms with Gasteiger partial charge in [0.15, 0.2) is 4.32 Å². The molecule has 2 rings (SSSR count). The zero-order valence-electron chi connectivity index (χ0n) is 8.16. The summed E-state index contributed by atoms with van der Waals surface area (Å²) < 4.78 is 0.441. The fourth-order valence-electron chi connectivity index (χ4n) is 1.18. The second-order valence-corrected chi connectivity index (χ2v) is 4.67. The normalized spacial score (nSPS) is 16.4. The van der Waals surface area contributed by atoms with Crippen LogP contribution in [0.25, 0.3) is 0 Å². The van der Waals surface area contributed by atoms with E-state index in [-0.39, 0.29) is 11.7 Å². The Balaban J connectivity index is 2.18. The van der Waals surface area contributed by atoms with Crippen LogP contribution < -0.4 is 0 Å². The lowest BCUT2D eigenvalue weighted by Crippen LogP contribution is -2.22. The predicted molar refractivity (Wildman–Crippen MR) is 67.6 cm³/mol. The van der Waals surface area contributed by atoms with Crippen LogP contribution in [-0.4, -0.2) is 32.3 Å². The van der Waals surface area contributed by atoms with E-state index in [1.165, 1.54) is 23.0 Å². The zero-order chi connectivity index (χ0) is 11.5. The van der Waals surface area contributed by atoms with Crippen molar-refractivity contribution < 1.29 is 9.90 Å².